The maximum absolute atomic E-state index is 10.8. The third kappa shape index (κ3) is 80.4. The van der Waals surface area contributed by atoms with Crippen molar-refractivity contribution in [2.45, 2.75) is 135 Å². The highest BCUT2D eigenvalue weighted by Crippen LogP contribution is 2.16. The normalized spacial score (nSPS) is 12.1. The fourth-order valence-electron chi connectivity index (χ4n) is 6.04. The fraction of sp³-hybridized carbons (Fsp3) is 0.508. The second kappa shape index (κ2) is 74.6. The molecule has 0 fully saturated rings. The van der Waals surface area contributed by atoms with Gasteiger partial charge in [-0.25, -0.2) is 0 Å². The monoisotopic (exact) mass is 1140 g/mol. The van der Waals surface area contributed by atoms with Crippen LogP contribution in [0.1, 0.15) is 129 Å². The van der Waals surface area contributed by atoms with Crippen LogP contribution in [0.15, 0.2) is 118 Å². The van der Waals surface area contributed by atoms with Gasteiger partial charge >= 0.3 is 0 Å². The third-order valence-corrected chi connectivity index (χ3v) is 10.4. The van der Waals surface area contributed by atoms with Gasteiger partial charge in [0.25, 0.3) is 0 Å². The molecule has 7 N–H and O–H groups in total. The molecule has 19 heteroatoms. The topological polar surface area (TPSA) is 306 Å². The molecule has 0 saturated heterocycles. The molecular formula is C61H100N5O13P. The van der Waals surface area contributed by atoms with Crippen molar-refractivity contribution in [2.75, 3.05) is 54.0 Å². The molecule has 0 heterocycles. The van der Waals surface area contributed by atoms with Gasteiger partial charge in [-0.1, -0.05) is 64.8 Å². The average molecular weight is 1140 g/mol. The zero-order chi connectivity index (χ0) is 62.5. The van der Waals surface area contributed by atoms with Gasteiger partial charge in [0.05, 0.1) is 17.9 Å². The van der Waals surface area contributed by atoms with E-state index >= 15 is 0 Å². The summed E-state index contributed by atoms with van der Waals surface area (Å²) in [5.41, 5.74) is 9.35. The summed E-state index contributed by atoms with van der Waals surface area (Å²) in [6.45, 7) is 20.6. The Balaban J connectivity index is -0.000000161. The van der Waals surface area contributed by atoms with E-state index in [0.717, 1.165) is 99.9 Å². The quantitative estimate of drug-likeness (QED) is 0.00487. The molecule has 0 aromatic rings. The number of aliphatic hydroxyl groups excluding tert-OH is 3. The first-order valence-electron chi connectivity index (χ1n) is 26.6. The Kier molecular flexibility index (Phi) is 81.6. The maximum Gasteiger partial charge on any atom is 0.149 e. The zero-order valence-electron chi connectivity index (χ0n) is 49.0. The first kappa shape index (κ1) is 87.4. The number of unbranched alkanes of at least 4 members (excludes halogenated alkanes) is 4. The fourth-order valence-corrected chi connectivity index (χ4v) is 6.28. The Labute approximate surface area is 481 Å². The van der Waals surface area contributed by atoms with E-state index in [1.165, 1.54) is 25.0 Å². The number of hydrogen-bond acceptors (Lipinski definition) is 18. The summed E-state index contributed by atoms with van der Waals surface area (Å²) >= 11 is 0. The third-order valence-electron chi connectivity index (χ3n) is 9.79. The number of nitrogens with two attached hydrogens (primary N) is 1. The van der Waals surface area contributed by atoms with Gasteiger partial charge in [0, 0.05) is 76.9 Å². The average Bonchev–Trinajstić information content (AvgIpc) is 3.43. The molecule has 80 heavy (non-hydrogen) atoms. The van der Waals surface area contributed by atoms with E-state index in [9.17, 15) is 47.9 Å². The maximum atomic E-state index is 10.8. The van der Waals surface area contributed by atoms with E-state index in [4.69, 9.17) is 21.1 Å². The van der Waals surface area contributed by atoms with Gasteiger partial charge in [0.1, 0.15) is 62.9 Å². The molecule has 0 aromatic carbocycles. The number of aldehydes is 10. The van der Waals surface area contributed by atoms with Gasteiger partial charge in [-0.15, -0.1) is 9.24 Å². The molecule has 0 aliphatic carbocycles. The molecule has 0 amide bonds. The second-order valence-corrected chi connectivity index (χ2v) is 17.9. The van der Waals surface area contributed by atoms with E-state index in [1.807, 2.05) is 20.2 Å². The molecule has 4 unspecified atom stereocenters. The van der Waals surface area contributed by atoms with Crippen LogP contribution in [0, 0.1) is 11.8 Å². The second-order valence-electron chi connectivity index (χ2n) is 17.4. The highest BCUT2D eigenvalue weighted by molar-refractivity contribution is 7.16. The molecule has 0 spiro atoms. The highest BCUT2D eigenvalue weighted by Gasteiger charge is 2.12. The van der Waals surface area contributed by atoms with Crippen LogP contribution in [0.25, 0.3) is 0 Å². The summed E-state index contributed by atoms with van der Waals surface area (Å²) < 4.78 is 0. The van der Waals surface area contributed by atoms with Crippen LogP contribution in [0.4, 0.5) is 0 Å². The molecule has 0 rings (SSSR count). The number of nitrogens with one attached hydrogen (secondary N) is 2. The van der Waals surface area contributed by atoms with Crippen molar-refractivity contribution in [3.05, 3.63) is 108 Å². The van der Waals surface area contributed by atoms with Crippen LogP contribution in [-0.2, 0) is 47.9 Å². The molecule has 18 nitrogen and oxygen atoms in total. The van der Waals surface area contributed by atoms with Gasteiger partial charge < -0.3 is 55.7 Å². The Morgan fingerprint density at radius 2 is 1.15 bits per heavy atom. The highest BCUT2D eigenvalue weighted by atomic mass is 31.0. The lowest BCUT2D eigenvalue weighted by atomic mass is 9.92. The van der Waals surface area contributed by atoms with Crippen LogP contribution in [0.3, 0.4) is 0 Å². The molecule has 4 atom stereocenters. The largest absolute Gasteiger partial charge is 0.513 e. The van der Waals surface area contributed by atoms with Crippen LogP contribution >= 0.6 is 9.24 Å². The molecule has 0 radical (unpaired) electrons. The van der Waals surface area contributed by atoms with Gasteiger partial charge in [0.15, 0.2) is 0 Å². The SMILES string of the molecule is C=C(C=NC)/C=C(/C=NC)CCC=O.C=C(C=O)C=CC=O.C=C(O)C/C(C=O)=C\CCCC=O.C=C(O)C/C=C(\C=O)CC/C(C=O)=C\CCCC=O.CCCC(N)CP.CNCC(C)CC(CCCO)CNC.O=CCC=O. The lowest BCUT2D eigenvalue weighted by Gasteiger charge is -2.20. The van der Waals surface area contributed by atoms with E-state index < -0.39 is 0 Å². The standard InChI is InChI=1S/C15H20O4.C11H26N2O.C11H16N2O.C10H14O3.C6H6O2.C5H14NP.C3H4O2/c1-13(19)6-7-15(12-18)9-8-14(11-17)5-3-2-4-10-16;2*1-10(8-12-2)7-11(9-13-3)5-4-6-14;1-9(13)7-10(8-12)5-3-2-4-6-11;1-6(5-8)3-2-4-7;1-2-3-5(6)4-7;4-2-1-3-5/h5,7,10-12,19H,1-4,6,8-9H2;10-14H,4-9H2,1-3H3;6-9H,1,4-5H2,2-3H3;5-6,8,13H,1-4,7H2;2-5H,1H2;5H,2-4,6-7H2,1H3;2-3H,1H2/b14-5+,15-7-;;11-7+,12-8?,13-9?;10-5+;;;. The van der Waals surface area contributed by atoms with Crippen molar-refractivity contribution in [1.29, 1.82) is 0 Å². The first-order valence-corrected chi connectivity index (χ1v) is 27.4. The number of allylic oxidation sites excluding steroid dienone is 12. The molecular weight excluding hydrogens is 1040 g/mol. The minimum Gasteiger partial charge on any atom is -0.513 e. The summed E-state index contributed by atoms with van der Waals surface area (Å²) in [5.74, 6) is 1.40. The van der Waals surface area contributed by atoms with Crippen LogP contribution in [-0.4, -0.2) is 151 Å². The van der Waals surface area contributed by atoms with Crippen LogP contribution in [0.2, 0.25) is 0 Å². The first-order chi connectivity index (χ1) is 38.3. The van der Waals surface area contributed by atoms with E-state index in [-0.39, 0.29) is 30.8 Å². The minimum absolute atomic E-state index is 0.000587. The number of rotatable bonds is 41. The summed E-state index contributed by atoms with van der Waals surface area (Å²) in [7, 11) is 10.0. The van der Waals surface area contributed by atoms with Gasteiger partial charge in [-0.3, -0.25) is 34.0 Å². The molecule has 0 aliphatic rings. The molecule has 0 bridgehead atoms. The van der Waals surface area contributed by atoms with Crippen LogP contribution in [0.5, 0.6) is 0 Å². The van der Waals surface area contributed by atoms with E-state index in [0.29, 0.717) is 124 Å². The van der Waals surface area contributed by atoms with Gasteiger partial charge in [0.2, 0.25) is 0 Å². The number of aliphatic imine (C=N–C) groups is 2. The van der Waals surface area contributed by atoms with E-state index in [2.05, 4.69) is 70.0 Å². The summed E-state index contributed by atoms with van der Waals surface area (Å²) in [4.78, 5) is 108. The predicted molar refractivity (Wildman–Crippen MR) is 332 cm³/mol. The number of nitrogens with zero attached hydrogens (tertiary/aromatic N) is 2. The Hall–Kier alpha value is -6.43. The van der Waals surface area contributed by atoms with Gasteiger partial charge in [-0.05, 0) is 162 Å². The number of carbonyl (C=O) groups is 10. The zero-order valence-corrected chi connectivity index (χ0v) is 50.1. The Morgan fingerprint density at radius 3 is 1.52 bits per heavy atom. The molecule has 0 aliphatic heterocycles. The number of hydrogen-bond donors (Lipinski definition) is 6. The Bertz CT molecular complexity index is 1900. The predicted octanol–water partition coefficient (Wildman–Crippen LogP) is 8.74. The van der Waals surface area contributed by atoms with Crippen molar-refractivity contribution in [1.82, 2.24) is 10.6 Å². The van der Waals surface area contributed by atoms with Crippen molar-refractivity contribution in [3.63, 3.8) is 0 Å². The molecule has 452 valence electrons. The van der Waals surface area contributed by atoms with Crippen LogP contribution < -0.4 is 16.4 Å². The smallest absolute Gasteiger partial charge is 0.149 e. The lowest BCUT2D eigenvalue weighted by Crippen LogP contribution is -2.25. The summed E-state index contributed by atoms with van der Waals surface area (Å²) in [6, 6.07) is 0.412. The summed E-state index contributed by atoms with van der Waals surface area (Å²) in [5, 5.41) is 33.0. The summed E-state index contributed by atoms with van der Waals surface area (Å²) in [6.07, 6.45) is 33.2. The van der Waals surface area contributed by atoms with Crippen molar-refractivity contribution in [3.8, 4) is 0 Å². The number of carbonyl (C=O) groups excluding carboxylic acids is 10. The molecule has 0 saturated carbocycles. The van der Waals surface area contributed by atoms with Gasteiger partial charge in [-0.2, -0.15) is 0 Å². The lowest BCUT2D eigenvalue weighted by molar-refractivity contribution is -0.115. The number of aliphatic hydroxyl groups is 3. The minimum atomic E-state index is -0.0197. The van der Waals surface area contributed by atoms with Crippen molar-refractivity contribution < 1.29 is 63.3 Å². The molecule has 0 aromatic heterocycles. The van der Waals surface area contributed by atoms with E-state index in [1.54, 1.807) is 44.8 Å². The Morgan fingerprint density at radius 1 is 0.625 bits per heavy atom. The van der Waals surface area contributed by atoms with Crippen molar-refractivity contribution >= 4 is 84.5 Å². The van der Waals surface area contributed by atoms with Crippen molar-refractivity contribution in [2.24, 2.45) is 27.6 Å².